The monoisotopic (exact) mass is 273 g/mol. The second-order valence-corrected chi connectivity index (χ2v) is 5.83. The molecule has 0 saturated carbocycles. The van der Waals surface area contributed by atoms with Gasteiger partial charge in [0, 0.05) is 4.88 Å². The molecule has 0 aliphatic rings. The topological polar surface area (TPSA) is 66.4 Å². The maximum absolute atomic E-state index is 11.8. The van der Waals surface area contributed by atoms with Gasteiger partial charge in [0.25, 0.3) is 5.91 Å². The molecule has 2 N–H and O–H groups in total. The molecule has 0 aromatic carbocycles. The number of thioether (sulfide) groups is 1. The van der Waals surface area contributed by atoms with Gasteiger partial charge in [-0.1, -0.05) is 0 Å². The predicted molar refractivity (Wildman–Crippen MR) is 70.9 cm³/mol. The van der Waals surface area contributed by atoms with Crippen LogP contribution in [0.3, 0.4) is 0 Å². The molecule has 0 aliphatic carbocycles. The van der Waals surface area contributed by atoms with Crippen molar-refractivity contribution in [1.82, 2.24) is 5.32 Å². The Morgan fingerprint density at radius 3 is 2.71 bits per heavy atom. The average Bonchev–Trinajstić information content (AvgIpc) is 2.70. The summed E-state index contributed by atoms with van der Waals surface area (Å²) in [5.74, 6) is -0.585. The van der Waals surface area contributed by atoms with Crippen molar-refractivity contribution >= 4 is 35.0 Å². The summed E-state index contributed by atoms with van der Waals surface area (Å²) in [6.45, 7) is 1.91. The zero-order valence-electron chi connectivity index (χ0n) is 9.73. The molecule has 1 aromatic heterocycles. The quantitative estimate of drug-likeness (QED) is 0.832. The lowest BCUT2D eigenvalue weighted by Crippen LogP contribution is -2.40. The van der Waals surface area contributed by atoms with Gasteiger partial charge in [-0.15, -0.1) is 11.3 Å². The third kappa shape index (κ3) is 4.40. The molecule has 0 radical (unpaired) electrons. The Hall–Kier alpha value is -1.01. The number of hydrogen-bond donors (Lipinski definition) is 2. The van der Waals surface area contributed by atoms with Crippen LogP contribution in [0.1, 0.15) is 21.0 Å². The van der Waals surface area contributed by atoms with E-state index in [0.29, 0.717) is 17.1 Å². The van der Waals surface area contributed by atoms with E-state index in [2.05, 4.69) is 5.32 Å². The van der Waals surface area contributed by atoms with Gasteiger partial charge in [0.05, 0.1) is 4.88 Å². The van der Waals surface area contributed by atoms with Gasteiger partial charge < -0.3 is 10.4 Å². The van der Waals surface area contributed by atoms with E-state index in [1.165, 1.54) is 11.3 Å². The first-order valence-corrected chi connectivity index (χ1v) is 7.34. The Morgan fingerprint density at radius 1 is 1.53 bits per heavy atom. The molecule has 0 spiro atoms. The fourth-order valence-electron chi connectivity index (χ4n) is 1.28. The Morgan fingerprint density at radius 2 is 2.24 bits per heavy atom. The van der Waals surface area contributed by atoms with E-state index in [-0.39, 0.29) is 5.91 Å². The summed E-state index contributed by atoms with van der Waals surface area (Å²) in [5.41, 5.74) is 0. The maximum atomic E-state index is 11.8. The molecule has 4 nitrogen and oxygen atoms in total. The summed E-state index contributed by atoms with van der Waals surface area (Å²) in [6.07, 6.45) is 2.34. The van der Waals surface area contributed by atoms with Crippen LogP contribution < -0.4 is 5.32 Å². The first-order chi connectivity index (χ1) is 8.04. The average molecular weight is 273 g/mol. The molecule has 94 valence electrons. The minimum Gasteiger partial charge on any atom is -0.480 e. The molecule has 0 bridgehead atoms. The molecule has 0 aliphatic heterocycles. The minimum atomic E-state index is -0.985. The largest absolute Gasteiger partial charge is 0.480 e. The number of thiophene rings is 1. The predicted octanol–water partition coefficient (Wildman–Crippen LogP) is 1.99. The molecule has 0 fully saturated rings. The van der Waals surface area contributed by atoms with Gasteiger partial charge in [0.15, 0.2) is 0 Å². The second kappa shape index (κ2) is 6.66. The zero-order valence-corrected chi connectivity index (χ0v) is 11.4. The third-order valence-electron chi connectivity index (χ3n) is 2.18. The van der Waals surface area contributed by atoms with Crippen LogP contribution in [-0.2, 0) is 4.79 Å². The van der Waals surface area contributed by atoms with E-state index in [1.807, 2.05) is 19.2 Å². The SMILES string of the molecule is CSCC[C@@H](NC(=O)c1ccc(C)s1)C(=O)O. The molecule has 1 aromatic rings. The van der Waals surface area contributed by atoms with Crippen molar-refractivity contribution in [3.8, 4) is 0 Å². The van der Waals surface area contributed by atoms with Gasteiger partial charge in [0.2, 0.25) is 0 Å². The normalized spacial score (nSPS) is 12.1. The van der Waals surface area contributed by atoms with Crippen LogP contribution in [0, 0.1) is 6.92 Å². The second-order valence-electron chi connectivity index (χ2n) is 3.56. The van der Waals surface area contributed by atoms with Crippen LogP contribution in [0.15, 0.2) is 12.1 Å². The third-order valence-corrected chi connectivity index (χ3v) is 3.82. The van der Waals surface area contributed by atoms with Crippen molar-refractivity contribution < 1.29 is 14.7 Å². The highest BCUT2D eigenvalue weighted by Gasteiger charge is 2.20. The molecular formula is C11H15NO3S2. The van der Waals surface area contributed by atoms with Crippen LogP contribution in [0.25, 0.3) is 0 Å². The van der Waals surface area contributed by atoms with Gasteiger partial charge >= 0.3 is 5.97 Å². The van der Waals surface area contributed by atoms with E-state index >= 15 is 0 Å². The number of amides is 1. The molecule has 0 unspecified atom stereocenters. The Kier molecular flexibility index (Phi) is 5.50. The number of nitrogens with one attached hydrogen (secondary N) is 1. The molecule has 1 atom stereocenters. The fourth-order valence-corrected chi connectivity index (χ4v) is 2.52. The summed E-state index contributed by atoms with van der Waals surface area (Å²) >= 11 is 2.93. The molecule has 0 saturated heterocycles. The van der Waals surface area contributed by atoms with Crippen molar-refractivity contribution in [2.24, 2.45) is 0 Å². The number of aliphatic carboxylic acids is 1. The van der Waals surface area contributed by atoms with Crippen LogP contribution >= 0.6 is 23.1 Å². The van der Waals surface area contributed by atoms with E-state index < -0.39 is 12.0 Å². The first-order valence-electron chi connectivity index (χ1n) is 5.13. The van der Waals surface area contributed by atoms with Gasteiger partial charge in [-0.2, -0.15) is 11.8 Å². The van der Waals surface area contributed by atoms with E-state index in [1.54, 1.807) is 17.8 Å². The van der Waals surface area contributed by atoms with Crippen LogP contribution in [0.4, 0.5) is 0 Å². The Bertz CT molecular complexity index is 403. The number of carboxylic acid groups (broad SMARTS) is 1. The number of carbonyl (C=O) groups excluding carboxylic acids is 1. The van der Waals surface area contributed by atoms with E-state index in [0.717, 1.165) is 4.88 Å². The molecular weight excluding hydrogens is 258 g/mol. The summed E-state index contributed by atoms with van der Waals surface area (Å²) in [4.78, 5) is 24.3. The number of carbonyl (C=O) groups is 2. The smallest absolute Gasteiger partial charge is 0.326 e. The summed E-state index contributed by atoms with van der Waals surface area (Å²) in [6, 6.07) is 2.75. The van der Waals surface area contributed by atoms with Crippen LogP contribution in [-0.4, -0.2) is 35.0 Å². The van der Waals surface area contributed by atoms with Crippen LogP contribution in [0.5, 0.6) is 0 Å². The Labute approximate surface area is 108 Å². The minimum absolute atomic E-state index is 0.309. The molecule has 1 amide bonds. The number of hydrogen-bond acceptors (Lipinski definition) is 4. The van der Waals surface area contributed by atoms with Crippen molar-refractivity contribution in [2.45, 2.75) is 19.4 Å². The molecule has 17 heavy (non-hydrogen) atoms. The zero-order chi connectivity index (χ0) is 12.8. The first kappa shape index (κ1) is 14.1. The highest BCUT2D eigenvalue weighted by Crippen LogP contribution is 2.15. The lowest BCUT2D eigenvalue weighted by atomic mass is 10.2. The highest BCUT2D eigenvalue weighted by atomic mass is 32.2. The highest BCUT2D eigenvalue weighted by molar-refractivity contribution is 7.98. The molecule has 1 rings (SSSR count). The number of aryl methyl sites for hydroxylation is 1. The van der Waals surface area contributed by atoms with Crippen molar-refractivity contribution in [2.75, 3.05) is 12.0 Å². The number of rotatable bonds is 6. The van der Waals surface area contributed by atoms with Gasteiger partial charge in [-0.3, -0.25) is 4.79 Å². The standard InChI is InChI=1S/C11H15NO3S2/c1-7-3-4-9(17-7)10(13)12-8(11(14)15)5-6-16-2/h3-4,8H,5-6H2,1-2H3,(H,12,13)(H,14,15)/t8-/m1/s1. The van der Waals surface area contributed by atoms with Gasteiger partial charge in [-0.05, 0) is 37.5 Å². The lowest BCUT2D eigenvalue weighted by Gasteiger charge is -2.12. The van der Waals surface area contributed by atoms with Crippen molar-refractivity contribution in [1.29, 1.82) is 0 Å². The summed E-state index contributed by atoms with van der Waals surface area (Å²) in [5, 5.41) is 11.5. The summed E-state index contributed by atoms with van der Waals surface area (Å²) < 4.78 is 0. The number of carboxylic acids is 1. The van der Waals surface area contributed by atoms with E-state index in [9.17, 15) is 9.59 Å². The lowest BCUT2D eigenvalue weighted by molar-refractivity contribution is -0.139. The van der Waals surface area contributed by atoms with Gasteiger partial charge in [0.1, 0.15) is 6.04 Å². The van der Waals surface area contributed by atoms with Crippen LogP contribution in [0.2, 0.25) is 0 Å². The van der Waals surface area contributed by atoms with Crippen molar-refractivity contribution in [3.63, 3.8) is 0 Å². The van der Waals surface area contributed by atoms with Gasteiger partial charge in [-0.25, -0.2) is 4.79 Å². The summed E-state index contributed by atoms with van der Waals surface area (Å²) in [7, 11) is 0. The molecule has 1 heterocycles. The Balaban J connectivity index is 2.60. The fraction of sp³-hybridized carbons (Fsp3) is 0.455. The molecule has 6 heteroatoms. The van der Waals surface area contributed by atoms with Crippen molar-refractivity contribution in [3.05, 3.63) is 21.9 Å². The maximum Gasteiger partial charge on any atom is 0.326 e. The van der Waals surface area contributed by atoms with E-state index in [4.69, 9.17) is 5.11 Å².